The van der Waals surface area contributed by atoms with Gasteiger partial charge in [-0.2, -0.15) is 0 Å². The molecule has 1 aromatic heterocycles. The van der Waals surface area contributed by atoms with E-state index >= 15 is 0 Å². The van der Waals surface area contributed by atoms with Crippen LogP contribution in [0, 0.1) is 0 Å². The van der Waals surface area contributed by atoms with Crippen LogP contribution in [0.1, 0.15) is 49.9 Å². The van der Waals surface area contributed by atoms with E-state index in [1.54, 1.807) is 86.9 Å². The maximum atomic E-state index is 13.3. The Bertz CT molecular complexity index is 1330. The first-order chi connectivity index (χ1) is 18.3. The van der Waals surface area contributed by atoms with Gasteiger partial charge in [-0.15, -0.1) is 0 Å². The summed E-state index contributed by atoms with van der Waals surface area (Å²) in [5.41, 5.74) is 2.08. The van der Waals surface area contributed by atoms with Crippen molar-refractivity contribution in [3.05, 3.63) is 95.3 Å². The first-order valence-electron chi connectivity index (χ1n) is 12.5. The topological polar surface area (TPSA) is 106 Å². The van der Waals surface area contributed by atoms with Gasteiger partial charge < -0.3 is 14.6 Å². The number of Topliss-reactive ketones (excluding diaryl/α,β-unsaturated/α-hetero) is 1. The Morgan fingerprint density at radius 3 is 2.37 bits per heavy atom. The van der Waals surface area contributed by atoms with Gasteiger partial charge in [0.05, 0.1) is 30.7 Å². The number of aliphatic hydroxyl groups is 1. The Labute approximate surface area is 221 Å². The highest BCUT2D eigenvalue weighted by atomic mass is 16.5. The molecule has 1 aliphatic rings. The van der Waals surface area contributed by atoms with Crippen molar-refractivity contribution >= 4 is 29.1 Å². The van der Waals surface area contributed by atoms with Crippen LogP contribution < -0.4 is 9.64 Å². The number of pyridine rings is 1. The standard InChI is InChI=1S/C30H30N2O6/c1-4-16-37-24-13-9-21(10-14-24)28(34)26-27(22-6-5-15-31-18-22)32(30(36)29(26)35)23-11-7-20(8-12-23)17-25(33)38-19(2)3/h5-15,18-19,27,34H,4,16-17H2,1-3H3/b28-26-. The summed E-state index contributed by atoms with van der Waals surface area (Å²) in [4.78, 5) is 44.2. The lowest BCUT2D eigenvalue weighted by Gasteiger charge is -2.25. The molecular formula is C30H30N2O6. The highest BCUT2D eigenvalue weighted by Gasteiger charge is 2.47. The number of hydrogen-bond donors (Lipinski definition) is 1. The molecule has 1 aliphatic heterocycles. The summed E-state index contributed by atoms with van der Waals surface area (Å²) in [5.74, 6) is -1.56. The molecular weight excluding hydrogens is 484 g/mol. The van der Waals surface area contributed by atoms with Gasteiger partial charge in [0.15, 0.2) is 0 Å². The van der Waals surface area contributed by atoms with Gasteiger partial charge in [0.25, 0.3) is 11.7 Å². The van der Waals surface area contributed by atoms with E-state index in [0.717, 1.165) is 6.42 Å². The summed E-state index contributed by atoms with van der Waals surface area (Å²) >= 11 is 0. The zero-order chi connectivity index (χ0) is 27.2. The lowest BCUT2D eigenvalue weighted by Crippen LogP contribution is -2.29. The van der Waals surface area contributed by atoms with E-state index in [1.165, 1.54) is 4.90 Å². The first-order valence-corrected chi connectivity index (χ1v) is 12.5. The number of benzene rings is 2. The Balaban J connectivity index is 1.72. The largest absolute Gasteiger partial charge is 0.507 e. The number of hydrogen-bond acceptors (Lipinski definition) is 7. The van der Waals surface area contributed by atoms with E-state index in [9.17, 15) is 19.5 Å². The third kappa shape index (κ3) is 5.75. The average Bonchev–Trinajstić information content (AvgIpc) is 3.18. The van der Waals surface area contributed by atoms with Crippen LogP contribution in [0.15, 0.2) is 78.6 Å². The van der Waals surface area contributed by atoms with E-state index in [-0.39, 0.29) is 29.8 Å². The Morgan fingerprint density at radius 2 is 1.76 bits per heavy atom. The maximum Gasteiger partial charge on any atom is 0.310 e. The average molecular weight is 515 g/mol. The van der Waals surface area contributed by atoms with Crippen LogP contribution in [0.3, 0.4) is 0 Å². The quantitative estimate of drug-likeness (QED) is 0.186. The number of ether oxygens (including phenoxy) is 2. The number of rotatable bonds is 9. The molecule has 8 nitrogen and oxygen atoms in total. The number of carbonyl (C=O) groups excluding carboxylic acids is 3. The van der Waals surface area contributed by atoms with Crippen molar-refractivity contribution in [1.29, 1.82) is 0 Å². The lowest BCUT2D eigenvalue weighted by molar-refractivity contribution is -0.146. The van der Waals surface area contributed by atoms with Gasteiger partial charge in [-0.3, -0.25) is 24.3 Å². The van der Waals surface area contributed by atoms with Crippen molar-refractivity contribution in [2.24, 2.45) is 0 Å². The highest BCUT2D eigenvalue weighted by Crippen LogP contribution is 2.42. The number of aliphatic hydroxyl groups excluding tert-OH is 1. The summed E-state index contributed by atoms with van der Waals surface area (Å²) in [6.07, 6.45) is 3.89. The first kappa shape index (κ1) is 26.6. The van der Waals surface area contributed by atoms with E-state index < -0.39 is 17.7 Å². The number of ketones is 1. The molecule has 1 atom stereocenters. The summed E-state index contributed by atoms with van der Waals surface area (Å²) in [7, 11) is 0. The number of carbonyl (C=O) groups is 3. The van der Waals surface area contributed by atoms with Crippen molar-refractivity contribution in [2.75, 3.05) is 11.5 Å². The highest BCUT2D eigenvalue weighted by molar-refractivity contribution is 6.51. The Kier molecular flexibility index (Phi) is 8.21. The molecule has 0 aliphatic carbocycles. The van der Waals surface area contributed by atoms with E-state index in [4.69, 9.17) is 9.47 Å². The van der Waals surface area contributed by atoms with E-state index in [2.05, 4.69) is 4.98 Å². The number of aromatic nitrogens is 1. The van der Waals surface area contributed by atoms with E-state index in [1.807, 2.05) is 6.92 Å². The molecule has 0 bridgehead atoms. The molecule has 1 amide bonds. The second-order valence-electron chi connectivity index (χ2n) is 9.21. The van der Waals surface area contributed by atoms with Crippen LogP contribution in [0.5, 0.6) is 5.75 Å². The zero-order valence-electron chi connectivity index (χ0n) is 21.6. The van der Waals surface area contributed by atoms with Gasteiger partial charge in [-0.05, 0) is 73.9 Å². The Morgan fingerprint density at radius 1 is 1.05 bits per heavy atom. The van der Waals surface area contributed by atoms with Gasteiger partial charge in [0.1, 0.15) is 11.5 Å². The molecule has 0 spiro atoms. The fraction of sp³-hybridized carbons (Fsp3) is 0.267. The third-order valence-electron chi connectivity index (χ3n) is 5.98. The molecule has 1 N–H and O–H groups in total. The molecule has 3 aromatic rings. The second kappa shape index (κ2) is 11.7. The smallest absolute Gasteiger partial charge is 0.310 e. The predicted molar refractivity (Wildman–Crippen MR) is 143 cm³/mol. The molecule has 1 saturated heterocycles. The number of amides is 1. The van der Waals surface area contributed by atoms with E-state index in [0.29, 0.717) is 34.7 Å². The summed E-state index contributed by atoms with van der Waals surface area (Å²) < 4.78 is 10.8. The minimum atomic E-state index is -0.892. The summed E-state index contributed by atoms with van der Waals surface area (Å²) in [5, 5.41) is 11.3. The molecule has 2 aromatic carbocycles. The fourth-order valence-corrected chi connectivity index (χ4v) is 4.28. The van der Waals surface area contributed by atoms with Crippen molar-refractivity contribution in [3.8, 4) is 5.75 Å². The molecule has 8 heteroatoms. The van der Waals surface area contributed by atoms with Crippen LogP contribution in [0.2, 0.25) is 0 Å². The van der Waals surface area contributed by atoms with Gasteiger partial charge in [0, 0.05) is 23.6 Å². The molecule has 2 heterocycles. The monoisotopic (exact) mass is 514 g/mol. The summed E-state index contributed by atoms with van der Waals surface area (Å²) in [6.45, 7) is 6.14. The van der Waals surface area contributed by atoms with Gasteiger partial charge >= 0.3 is 5.97 Å². The van der Waals surface area contributed by atoms with Crippen LogP contribution in [0.4, 0.5) is 5.69 Å². The molecule has 1 fully saturated rings. The van der Waals surface area contributed by atoms with Crippen LogP contribution in [-0.4, -0.2) is 40.5 Å². The van der Waals surface area contributed by atoms with Gasteiger partial charge in [0.2, 0.25) is 0 Å². The number of esters is 1. The van der Waals surface area contributed by atoms with Gasteiger partial charge in [-0.25, -0.2) is 0 Å². The minimum absolute atomic E-state index is 0.0326. The maximum absolute atomic E-state index is 13.3. The van der Waals surface area contributed by atoms with Crippen molar-refractivity contribution in [1.82, 2.24) is 4.98 Å². The molecule has 196 valence electrons. The molecule has 0 saturated carbocycles. The fourth-order valence-electron chi connectivity index (χ4n) is 4.28. The Hall–Kier alpha value is -4.46. The van der Waals surface area contributed by atoms with Crippen LogP contribution in [-0.2, 0) is 25.5 Å². The minimum Gasteiger partial charge on any atom is -0.507 e. The van der Waals surface area contributed by atoms with Crippen molar-refractivity contribution in [2.45, 2.75) is 45.8 Å². The predicted octanol–water partition coefficient (Wildman–Crippen LogP) is 4.99. The van der Waals surface area contributed by atoms with Crippen LogP contribution >= 0.6 is 0 Å². The third-order valence-corrected chi connectivity index (χ3v) is 5.98. The second-order valence-corrected chi connectivity index (χ2v) is 9.21. The molecule has 4 rings (SSSR count). The SMILES string of the molecule is CCCOc1ccc(/C(O)=C2/C(=O)C(=O)N(c3ccc(CC(=O)OC(C)C)cc3)C2c2cccnc2)cc1. The van der Waals surface area contributed by atoms with Crippen molar-refractivity contribution < 1.29 is 29.0 Å². The normalized spacial score (nSPS) is 16.6. The molecule has 0 radical (unpaired) electrons. The number of nitrogens with zero attached hydrogens (tertiary/aromatic N) is 2. The van der Waals surface area contributed by atoms with Gasteiger partial charge in [-0.1, -0.05) is 25.1 Å². The summed E-state index contributed by atoms with van der Waals surface area (Å²) in [6, 6.07) is 16.1. The lowest BCUT2D eigenvalue weighted by atomic mass is 9.96. The zero-order valence-corrected chi connectivity index (χ0v) is 21.6. The van der Waals surface area contributed by atoms with Crippen LogP contribution in [0.25, 0.3) is 5.76 Å². The number of anilines is 1. The molecule has 38 heavy (non-hydrogen) atoms. The van der Waals surface area contributed by atoms with Crippen molar-refractivity contribution in [3.63, 3.8) is 0 Å². The molecule has 1 unspecified atom stereocenters.